The number of benzene rings is 2. The molecule has 2 aromatic rings. The first-order valence-corrected chi connectivity index (χ1v) is 6.64. The van der Waals surface area contributed by atoms with Crippen LogP contribution < -0.4 is 15.2 Å². The zero-order valence-electron chi connectivity index (χ0n) is 11.8. The van der Waals surface area contributed by atoms with Gasteiger partial charge in [0.2, 0.25) is 0 Å². The van der Waals surface area contributed by atoms with Crippen LogP contribution in [0.5, 0.6) is 11.5 Å². The van der Waals surface area contributed by atoms with Gasteiger partial charge in [-0.2, -0.15) is 0 Å². The summed E-state index contributed by atoms with van der Waals surface area (Å²) in [6.45, 7) is 1.92. The minimum absolute atomic E-state index is 0.638. The number of rotatable bonds is 4. The highest BCUT2D eigenvalue weighted by atomic mass is 35.5. The van der Waals surface area contributed by atoms with E-state index in [0.717, 1.165) is 11.1 Å². The molecule has 0 radical (unpaired) electrons. The van der Waals surface area contributed by atoms with Crippen molar-refractivity contribution in [2.75, 3.05) is 14.2 Å². The van der Waals surface area contributed by atoms with Crippen LogP contribution in [0, 0.1) is 0 Å². The van der Waals surface area contributed by atoms with Gasteiger partial charge in [0.05, 0.1) is 19.8 Å². The van der Waals surface area contributed by atoms with Gasteiger partial charge in [0.15, 0.2) is 0 Å². The van der Waals surface area contributed by atoms with Gasteiger partial charge in [-0.15, -0.1) is 0 Å². The van der Waals surface area contributed by atoms with E-state index in [4.69, 9.17) is 26.8 Å². The molecule has 0 aromatic heterocycles. The van der Waals surface area contributed by atoms with E-state index in [9.17, 15) is 0 Å². The molecule has 0 heterocycles. The largest absolute Gasteiger partial charge is 0.497 e. The van der Waals surface area contributed by atoms with E-state index in [1.165, 1.54) is 0 Å². The van der Waals surface area contributed by atoms with Crippen molar-refractivity contribution in [1.29, 1.82) is 0 Å². The van der Waals surface area contributed by atoms with Crippen LogP contribution >= 0.6 is 11.6 Å². The maximum atomic E-state index is 6.51. The van der Waals surface area contributed by atoms with E-state index in [0.29, 0.717) is 16.5 Å². The maximum Gasteiger partial charge on any atom is 0.122 e. The molecule has 0 bridgehead atoms. The number of methoxy groups -OCH3 is 2. The summed E-state index contributed by atoms with van der Waals surface area (Å²) < 4.78 is 10.6. The topological polar surface area (TPSA) is 44.5 Å². The van der Waals surface area contributed by atoms with Crippen molar-refractivity contribution in [2.24, 2.45) is 5.73 Å². The lowest BCUT2D eigenvalue weighted by Gasteiger charge is -2.27. The molecule has 3 nitrogen and oxygen atoms in total. The quantitative estimate of drug-likeness (QED) is 0.936. The Morgan fingerprint density at radius 2 is 1.55 bits per heavy atom. The van der Waals surface area contributed by atoms with Crippen LogP contribution in [-0.4, -0.2) is 14.2 Å². The molecule has 0 aliphatic carbocycles. The van der Waals surface area contributed by atoms with Gasteiger partial charge in [-0.05, 0) is 36.2 Å². The van der Waals surface area contributed by atoms with E-state index in [2.05, 4.69) is 0 Å². The van der Waals surface area contributed by atoms with Gasteiger partial charge in [-0.3, -0.25) is 0 Å². The lowest BCUT2D eigenvalue weighted by molar-refractivity contribution is 0.391. The molecule has 20 heavy (non-hydrogen) atoms. The Labute approximate surface area is 124 Å². The molecule has 0 aliphatic rings. The monoisotopic (exact) mass is 291 g/mol. The molecule has 0 amide bonds. The van der Waals surface area contributed by atoms with Crippen molar-refractivity contribution >= 4 is 11.6 Å². The highest BCUT2D eigenvalue weighted by molar-refractivity contribution is 6.31. The zero-order valence-corrected chi connectivity index (χ0v) is 12.6. The van der Waals surface area contributed by atoms with Gasteiger partial charge >= 0.3 is 0 Å². The fourth-order valence-corrected chi connectivity index (χ4v) is 2.48. The van der Waals surface area contributed by atoms with Crippen LogP contribution in [-0.2, 0) is 5.54 Å². The van der Waals surface area contributed by atoms with E-state index in [1.54, 1.807) is 14.2 Å². The fourth-order valence-electron chi connectivity index (χ4n) is 2.15. The third-order valence-corrected chi connectivity index (χ3v) is 3.71. The minimum Gasteiger partial charge on any atom is -0.497 e. The molecule has 0 saturated carbocycles. The van der Waals surface area contributed by atoms with Crippen molar-refractivity contribution in [3.63, 3.8) is 0 Å². The Morgan fingerprint density at radius 1 is 1.00 bits per heavy atom. The molecular weight excluding hydrogens is 274 g/mol. The van der Waals surface area contributed by atoms with Crippen molar-refractivity contribution < 1.29 is 9.47 Å². The summed E-state index contributed by atoms with van der Waals surface area (Å²) in [5, 5.41) is 0.638. The van der Waals surface area contributed by atoms with Crippen LogP contribution in [0.4, 0.5) is 0 Å². The average Bonchev–Trinajstić information content (AvgIpc) is 2.46. The molecule has 4 heteroatoms. The molecule has 106 valence electrons. The zero-order chi connectivity index (χ0) is 14.8. The Balaban J connectivity index is 2.56. The predicted octanol–water partition coefficient (Wildman–Crippen LogP) is 3.58. The van der Waals surface area contributed by atoms with Crippen LogP contribution in [0.1, 0.15) is 18.1 Å². The number of hydrogen-bond acceptors (Lipinski definition) is 3. The number of nitrogens with two attached hydrogens (primary N) is 1. The van der Waals surface area contributed by atoms with Gasteiger partial charge in [-0.25, -0.2) is 0 Å². The summed E-state index contributed by atoms with van der Waals surface area (Å²) in [5.74, 6) is 1.39. The van der Waals surface area contributed by atoms with Gasteiger partial charge in [0.1, 0.15) is 11.5 Å². The number of halogens is 1. The standard InChI is InChI=1S/C16H18ClNO2/c1-16(18,14-6-4-5-7-15(14)17)11-8-12(19-2)10-13(9-11)20-3/h4-10H,18H2,1-3H3. The highest BCUT2D eigenvalue weighted by Crippen LogP contribution is 2.35. The Kier molecular flexibility index (Phi) is 4.21. The lowest BCUT2D eigenvalue weighted by atomic mass is 9.85. The summed E-state index contributed by atoms with van der Waals surface area (Å²) in [6.07, 6.45) is 0. The van der Waals surface area contributed by atoms with Gasteiger partial charge in [-0.1, -0.05) is 29.8 Å². The third kappa shape index (κ3) is 2.74. The molecule has 0 saturated heterocycles. The molecule has 1 unspecified atom stereocenters. The van der Waals surface area contributed by atoms with E-state index in [-0.39, 0.29) is 0 Å². The molecule has 0 spiro atoms. The predicted molar refractivity (Wildman–Crippen MR) is 81.6 cm³/mol. The summed E-state index contributed by atoms with van der Waals surface area (Å²) in [7, 11) is 3.23. The van der Waals surface area contributed by atoms with E-state index >= 15 is 0 Å². The summed E-state index contributed by atoms with van der Waals surface area (Å²) in [6, 6.07) is 13.2. The molecule has 0 fully saturated rings. The Bertz CT molecular complexity index is 589. The van der Waals surface area contributed by atoms with Gasteiger partial charge in [0.25, 0.3) is 0 Å². The van der Waals surface area contributed by atoms with Crippen molar-refractivity contribution in [1.82, 2.24) is 0 Å². The van der Waals surface area contributed by atoms with Crippen molar-refractivity contribution in [3.8, 4) is 11.5 Å². The van der Waals surface area contributed by atoms with E-state index in [1.807, 2.05) is 49.4 Å². The fraction of sp³-hybridized carbons (Fsp3) is 0.250. The van der Waals surface area contributed by atoms with Gasteiger partial charge in [0, 0.05) is 11.1 Å². The number of hydrogen-bond donors (Lipinski definition) is 1. The minimum atomic E-state index is -0.736. The Morgan fingerprint density at radius 3 is 2.05 bits per heavy atom. The first-order valence-electron chi connectivity index (χ1n) is 6.26. The SMILES string of the molecule is COc1cc(OC)cc(C(C)(N)c2ccccc2Cl)c1. The van der Waals surface area contributed by atoms with Crippen LogP contribution in [0.2, 0.25) is 5.02 Å². The van der Waals surface area contributed by atoms with Crippen LogP contribution in [0.25, 0.3) is 0 Å². The first kappa shape index (κ1) is 14.7. The molecule has 0 aliphatic heterocycles. The smallest absolute Gasteiger partial charge is 0.122 e. The maximum absolute atomic E-state index is 6.51. The van der Waals surface area contributed by atoms with E-state index < -0.39 is 5.54 Å². The molecule has 1 atom stereocenters. The average molecular weight is 292 g/mol. The molecule has 2 N–H and O–H groups in total. The highest BCUT2D eigenvalue weighted by Gasteiger charge is 2.27. The second-order valence-corrected chi connectivity index (χ2v) is 5.19. The molecule has 2 rings (SSSR count). The van der Waals surface area contributed by atoms with Crippen molar-refractivity contribution in [2.45, 2.75) is 12.5 Å². The van der Waals surface area contributed by atoms with Crippen LogP contribution in [0.3, 0.4) is 0 Å². The molecule has 2 aromatic carbocycles. The third-order valence-electron chi connectivity index (χ3n) is 3.38. The van der Waals surface area contributed by atoms with Crippen molar-refractivity contribution in [3.05, 3.63) is 58.6 Å². The summed E-state index contributed by atoms with van der Waals surface area (Å²) in [4.78, 5) is 0. The molecular formula is C16H18ClNO2. The van der Waals surface area contributed by atoms with Gasteiger partial charge < -0.3 is 15.2 Å². The summed E-state index contributed by atoms with van der Waals surface area (Å²) in [5.41, 5.74) is 7.51. The van der Waals surface area contributed by atoms with Crippen LogP contribution in [0.15, 0.2) is 42.5 Å². The Hall–Kier alpha value is -1.71. The normalized spacial score (nSPS) is 13.7. The summed E-state index contributed by atoms with van der Waals surface area (Å²) >= 11 is 6.26. The second-order valence-electron chi connectivity index (χ2n) is 4.78. The number of ether oxygens (including phenoxy) is 2. The second kappa shape index (κ2) is 5.73. The first-order chi connectivity index (χ1) is 9.48. The lowest BCUT2D eigenvalue weighted by Crippen LogP contribution is -2.34.